The number of pyridine rings is 1. The molecule has 8 heteroatoms. The number of rotatable bonds is 6. The molecule has 0 saturated heterocycles. The minimum Gasteiger partial charge on any atom is -0.481 e. The lowest BCUT2D eigenvalue weighted by atomic mass is 10.1. The van der Waals surface area contributed by atoms with Crippen LogP contribution in [0, 0.1) is 0 Å². The molecular formula is C19H18N4O3S. The number of hydrogen-bond donors (Lipinski definition) is 2. The zero-order valence-electron chi connectivity index (χ0n) is 14.9. The zero-order chi connectivity index (χ0) is 19.2. The summed E-state index contributed by atoms with van der Waals surface area (Å²) in [5.41, 5.74) is 4.50. The third kappa shape index (κ3) is 4.48. The van der Waals surface area contributed by atoms with Crippen molar-refractivity contribution < 1.29 is 14.3 Å². The summed E-state index contributed by atoms with van der Waals surface area (Å²) in [6.07, 6.45) is 1.46. The monoisotopic (exact) mass is 382 g/mol. The molecule has 0 radical (unpaired) electrons. The number of carbonyl (C=O) groups is 2. The lowest BCUT2D eigenvalue weighted by Crippen LogP contribution is -2.35. The Morgan fingerprint density at radius 2 is 2.07 bits per heavy atom. The number of nitrogens with zero attached hydrogens (tertiary/aromatic N) is 2. The van der Waals surface area contributed by atoms with E-state index in [1.54, 1.807) is 17.4 Å². The number of amides is 2. The van der Waals surface area contributed by atoms with Crippen LogP contribution in [0.3, 0.4) is 0 Å². The molecule has 0 bridgehead atoms. The standard InChI is InChI=1S/C19H18N4O3S/c1-12(15-11-27-16-6-4-3-5-14(15)16)22-23-17(24)10-21-19(25)13-7-8-20-18(9-13)26-2/h3-9,11H,10H2,1-2H3,(H,21,25)(H,23,24). The van der Waals surface area contributed by atoms with Crippen LogP contribution in [0.4, 0.5) is 0 Å². The summed E-state index contributed by atoms with van der Waals surface area (Å²) in [5.74, 6) is -0.478. The highest BCUT2D eigenvalue weighted by atomic mass is 32.1. The van der Waals surface area contributed by atoms with Gasteiger partial charge in [-0.3, -0.25) is 9.59 Å². The molecule has 7 nitrogen and oxygen atoms in total. The number of fused-ring (bicyclic) bond motifs is 1. The molecule has 0 aliphatic heterocycles. The third-order valence-corrected chi connectivity index (χ3v) is 4.80. The van der Waals surface area contributed by atoms with Crippen LogP contribution in [0.5, 0.6) is 5.88 Å². The maximum Gasteiger partial charge on any atom is 0.259 e. The van der Waals surface area contributed by atoms with E-state index in [1.165, 1.54) is 19.4 Å². The predicted molar refractivity (Wildman–Crippen MR) is 105 cm³/mol. The van der Waals surface area contributed by atoms with Crippen LogP contribution in [0.15, 0.2) is 53.1 Å². The summed E-state index contributed by atoms with van der Waals surface area (Å²) >= 11 is 1.63. The number of nitrogens with one attached hydrogen (secondary N) is 2. The van der Waals surface area contributed by atoms with Crippen LogP contribution >= 0.6 is 11.3 Å². The van der Waals surface area contributed by atoms with Crippen LogP contribution in [0.25, 0.3) is 10.1 Å². The number of benzene rings is 1. The van der Waals surface area contributed by atoms with Crippen molar-refractivity contribution in [1.29, 1.82) is 0 Å². The quantitative estimate of drug-likeness (QED) is 0.506. The number of hydrazone groups is 1. The molecule has 2 N–H and O–H groups in total. The van der Waals surface area contributed by atoms with Gasteiger partial charge in [-0.1, -0.05) is 18.2 Å². The van der Waals surface area contributed by atoms with Gasteiger partial charge in [0, 0.05) is 38.9 Å². The number of methoxy groups -OCH3 is 1. The molecule has 1 aromatic carbocycles. The van der Waals surface area contributed by atoms with Gasteiger partial charge in [0.1, 0.15) is 0 Å². The van der Waals surface area contributed by atoms with E-state index in [-0.39, 0.29) is 6.54 Å². The molecule has 0 atom stereocenters. The summed E-state index contributed by atoms with van der Waals surface area (Å²) in [7, 11) is 1.47. The second-order valence-electron chi connectivity index (χ2n) is 5.65. The van der Waals surface area contributed by atoms with Crippen molar-refractivity contribution in [2.75, 3.05) is 13.7 Å². The van der Waals surface area contributed by atoms with Gasteiger partial charge in [0.15, 0.2) is 0 Å². The van der Waals surface area contributed by atoms with Gasteiger partial charge in [0.2, 0.25) is 5.88 Å². The van der Waals surface area contributed by atoms with Crippen molar-refractivity contribution in [1.82, 2.24) is 15.7 Å². The number of hydrogen-bond acceptors (Lipinski definition) is 6. The Morgan fingerprint density at radius 3 is 2.89 bits per heavy atom. The smallest absolute Gasteiger partial charge is 0.259 e. The minimum absolute atomic E-state index is 0.190. The maximum absolute atomic E-state index is 12.1. The second kappa shape index (κ2) is 8.41. The molecular weight excluding hydrogens is 364 g/mol. The summed E-state index contributed by atoms with van der Waals surface area (Å²) < 4.78 is 6.13. The Morgan fingerprint density at radius 1 is 1.26 bits per heavy atom. The van der Waals surface area contributed by atoms with Crippen molar-refractivity contribution in [2.24, 2.45) is 5.10 Å². The van der Waals surface area contributed by atoms with Crippen molar-refractivity contribution >= 4 is 38.9 Å². The van der Waals surface area contributed by atoms with Gasteiger partial charge in [0.05, 0.1) is 19.4 Å². The fourth-order valence-corrected chi connectivity index (χ4v) is 3.43. The number of carbonyl (C=O) groups excluding carboxylic acids is 2. The highest BCUT2D eigenvalue weighted by molar-refractivity contribution is 7.17. The first-order chi connectivity index (χ1) is 13.1. The van der Waals surface area contributed by atoms with Crippen molar-refractivity contribution in [2.45, 2.75) is 6.92 Å². The predicted octanol–water partition coefficient (Wildman–Crippen LogP) is 2.58. The highest BCUT2D eigenvalue weighted by Crippen LogP contribution is 2.25. The van der Waals surface area contributed by atoms with Gasteiger partial charge >= 0.3 is 0 Å². The normalized spacial score (nSPS) is 11.3. The Bertz CT molecular complexity index is 1010. The molecule has 27 heavy (non-hydrogen) atoms. The topological polar surface area (TPSA) is 92.7 Å². The first kappa shape index (κ1) is 18.5. The summed E-state index contributed by atoms with van der Waals surface area (Å²) in [4.78, 5) is 28.0. The Balaban J connectivity index is 1.57. The average molecular weight is 382 g/mol. The maximum atomic E-state index is 12.1. The summed E-state index contributed by atoms with van der Waals surface area (Å²) in [6.45, 7) is 1.64. The van der Waals surface area contributed by atoms with E-state index in [9.17, 15) is 9.59 Å². The van der Waals surface area contributed by atoms with Crippen LogP contribution in [-0.2, 0) is 4.79 Å². The van der Waals surface area contributed by atoms with E-state index in [0.717, 1.165) is 15.6 Å². The van der Waals surface area contributed by atoms with Gasteiger partial charge in [-0.15, -0.1) is 11.3 Å². The molecule has 3 rings (SSSR count). The van der Waals surface area contributed by atoms with Gasteiger partial charge in [0.25, 0.3) is 11.8 Å². The van der Waals surface area contributed by atoms with Gasteiger partial charge < -0.3 is 10.1 Å². The second-order valence-corrected chi connectivity index (χ2v) is 6.56. The largest absolute Gasteiger partial charge is 0.481 e. The molecule has 0 aliphatic rings. The molecule has 0 saturated carbocycles. The van der Waals surface area contributed by atoms with E-state index in [1.807, 2.05) is 36.6 Å². The molecule has 0 fully saturated rings. The molecule has 0 unspecified atom stereocenters. The fourth-order valence-electron chi connectivity index (χ4n) is 2.43. The highest BCUT2D eigenvalue weighted by Gasteiger charge is 2.10. The number of ether oxygens (including phenoxy) is 1. The van der Waals surface area contributed by atoms with E-state index in [4.69, 9.17) is 4.74 Å². The molecule has 138 valence electrons. The number of aromatic nitrogens is 1. The van der Waals surface area contributed by atoms with E-state index >= 15 is 0 Å². The van der Waals surface area contributed by atoms with E-state index in [0.29, 0.717) is 17.2 Å². The summed E-state index contributed by atoms with van der Waals surface area (Å²) in [6, 6.07) is 11.0. The van der Waals surface area contributed by atoms with Crippen molar-refractivity contribution in [3.63, 3.8) is 0 Å². The van der Waals surface area contributed by atoms with Crippen LogP contribution in [0.2, 0.25) is 0 Å². The Labute approximate surface area is 160 Å². The van der Waals surface area contributed by atoms with Crippen molar-refractivity contribution in [3.05, 3.63) is 59.1 Å². The van der Waals surface area contributed by atoms with E-state index < -0.39 is 11.8 Å². The Kier molecular flexibility index (Phi) is 5.77. The van der Waals surface area contributed by atoms with Crippen LogP contribution < -0.4 is 15.5 Å². The molecule has 2 aromatic heterocycles. The SMILES string of the molecule is COc1cc(C(=O)NCC(=O)NN=C(C)c2csc3ccccc23)ccn1. The zero-order valence-corrected chi connectivity index (χ0v) is 15.7. The molecule has 0 spiro atoms. The lowest BCUT2D eigenvalue weighted by molar-refractivity contribution is -0.120. The first-order valence-corrected chi connectivity index (χ1v) is 9.04. The van der Waals surface area contributed by atoms with Crippen molar-refractivity contribution in [3.8, 4) is 5.88 Å². The van der Waals surface area contributed by atoms with Gasteiger partial charge in [-0.25, -0.2) is 10.4 Å². The summed E-state index contributed by atoms with van der Waals surface area (Å²) in [5, 5.41) is 9.78. The molecule has 2 heterocycles. The molecule has 0 aliphatic carbocycles. The fraction of sp³-hybridized carbons (Fsp3) is 0.158. The van der Waals surface area contributed by atoms with E-state index in [2.05, 4.69) is 20.8 Å². The van der Waals surface area contributed by atoms with Crippen LogP contribution in [-0.4, -0.2) is 36.2 Å². The Hall–Kier alpha value is -3.26. The third-order valence-electron chi connectivity index (χ3n) is 3.83. The lowest BCUT2D eigenvalue weighted by Gasteiger charge is -2.06. The minimum atomic E-state index is -0.414. The average Bonchev–Trinajstić information content (AvgIpc) is 3.14. The van der Waals surface area contributed by atoms with Gasteiger partial charge in [-0.2, -0.15) is 5.10 Å². The first-order valence-electron chi connectivity index (χ1n) is 8.16. The van der Waals surface area contributed by atoms with Crippen LogP contribution in [0.1, 0.15) is 22.8 Å². The molecule has 2 amide bonds. The molecule has 3 aromatic rings. The van der Waals surface area contributed by atoms with Gasteiger partial charge in [-0.05, 0) is 19.1 Å². The number of thiophene rings is 1.